The molecule has 1 heteroatoms. The predicted octanol–water partition coefficient (Wildman–Crippen LogP) is 1.48. The Labute approximate surface area is 71.5 Å². The number of rotatable bonds is 3. The summed E-state index contributed by atoms with van der Waals surface area (Å²) in [4.78, 5) is 0. The molecule has 0 aliphatic carbocycles. The molecule has 0 unspecified atom stereocenters. The third kappa shape index (κ3) is 2.50. The quantitative estimate of drug-likeness (QED) is 0.594. The first-order chi connectivity index (χ1) is 5.36. The molecule has 11 heavy (non-hydrogen) atoms. The number of hydrogen-bond donors (Lipinski definition) is 0. The lowest BCUT2D eigenvalue weighted by molar-refractivity contribution is 0.923. The fourth-order valence-electron chi connectivity index (χ4n) is 1.29. The molecule has 0 atom stereocenters. The summed E-state index contributed by atoms with van der Waals surface area (Å²) < 4.78 is 0. The van der Waals surface area contributed by atoms with Crippen LogP contribution in [-0.4, -0.2) is 9.52 Å². The molecule has 0 aliphatic rings. The third-order valence-corrected chi connectivity index (χ3v) is 3.19. The van der Waals surface area contributed by atoms with Gasteiger partial charge in [-0.1, -0.05) is 49.3 Å². The van der Waals surface area contributed by atoms with E-state index in [0.717, 1.165) is 0 Å². The Bertz CT molecular complexity index is 218. The zero-order valence-electron chi connectivity index (χ0n) is 7.43. The monoisotopic (exact) mass is 164 g/mol. The lowest BCUT2D eigenvalue weighted by Crippen LogP contribution is -2.10. The third-order valence-electron chi connectivity index (χ3n) is 1.94. The molecule has 0 saturated carbocycles. The van der Waals surface area contributed by atoms with Gasteiger partial charge in [-0.2, -0.15) is 0 Å². The van der Waals surface area contributed by atoms with Gasteiger partial charge in [-0.3, -0.25) is 0 Å². The van der Waals surface area contributed by atoms with Crippen LogP contribution >= 0.6 is 0 Å². The average molecular weight is 164 g/mol. The molecular weight excluding hydrogens is 148 g/mol. The average Bonchev–Trinajstić information content (AvgIpc) is 2.06. The molecule has 0 aromatic heterocycles. The van der Waals surface area contributed by atoms with Crippen LogP contribution in [0.1, 0.15) is 18.9 Å². The van der Waals surface area contributed by atoms with Crippen LogP contribution in [0.25, 0.3) is 0 Å². The number of benzene rings is 1. The Morgan fingerprint density at radius 3 is 2.82 bits per heavy atom. The van der Waals surface area contributed by atoms with Crippen LogP contribution in [-0.2, 0) is 6.42 Å². The second-order valence-corrected chi connectivity index (χ2v) is 4.45. The molecule has 0 aliphatic heterocycles. The van der Waals surface area contributed by atoms with E-state index in [2.05, 4.69) is 37.7 Å². The summed E-state index contributed by atoms with van der Waals surface area (Å²) in [5.41, 5.74) is 1.51. The van der Waals surface area contributed by atoms with Gasteiger partial charge in [0.1, 0.15) is 0 Å². The van der Waals surface area contributed by atoms with E-state index in [1.165, 1.54) is 18.4 Å². The lowest BCUT2D eigenvalue weighted by atomic mass is 10.1. The first-order valence-electron chi connectivity index (χ1n) is 4.44. The Morgan fingerprint density at radius 1 is 1.36 bits per heavy atom. The fourth-order valence-corrected chi connectivity index (χ4v) is 2.13. The highest BCUT2D eigenvalue weighted by molar-refractivity contribution is 6.51. The summed E-state index contributed by atoms with van der Waals surface area (Å²) in [6, 6.07) is 9.05. The van der Waals surface area contributed by atoms with E-state index in [0.29, 0.717) is 0 Å². The van der Waals surface area contributed by atoms with Gasteiger partial charge in [-0.15, -0.1) is 0 Å². The first-order valence-corrected chi connectivity index (χ1v) is 6.56. The van der Waals surface area contributed by atoms with Crippen molar-refractivity contribution in [3.63, 3.8) is 0 Å². The molecule has 0 spiro atoms. The molecule has 1 aromatic rings. The molecule has 0 N–H and O–H groups in total. The molecular formula is C10H16Si. The largest absolute Gasteiger partial charge is 0.0708 e. The zero-order valence-corrected chi connectivity index (χ0v) is 8.84. The molecule has 1 rings (SSSR count). The molecule has 0 bridgehead atoms. The van der Waals surface area contributed by atoms with E-state index in [1.54, 1.807) is 5.19 Å². The van der Waals surface area contributed by atoms with Gasteiger partial charge in [0, 0.05) is 0 Å². The van der Waals surface area contributed by atoms with Crippen LogP contribution in [0.15, 0.2) is 24.3 Å². The minimum atomic E-state index is 0.0529. The molecule has 1 aromatic carbocycles. The van der Waals surface area contributed by atoms with E-state index in [4.69, 9.17) is 0 Å². The topological polar surface area (TPSA) is 0 Å². The number of hydrogen-bond acceptors (Lipinski definition) is 0. The van der Waals surface area contributed by atoms with Gasteiger partial charge in [0.15, 0.2) is 0 Å². The minimum Gasteiger partial charge on any atom is -0.0708 e. The summed E-state index contributed by atoms with van der Waals surface area (Å²) in [5, 5.41) is 1.59. The second-order valence-electron chi connectivity index (χ2n) is 2.92. The van der Waals surface area contributed by atoms with Crippen molar-refractivity contribution in [2.24, 2.45) is 0 Å². The maximum atomic E-state index is 2.37. The van der Waals surface area contributed by atoms with Gasteiger partial charge in [-0.25, -0.2) is 0 Å². The van der Waals surface area contributed by atoms with Crippen molar-refractivity contribution >= 4 is 14.7 Å². The van der Waals surface area contributed by atoms with Crippen LogP contribution in [0, 0.1) is 0 Å². The van der Waals surface area contributed by atoms with E-state index in [1.807, 2.05) is 0 Å². The van der Waals surface area contributed by atoms with E-state index < -0.39 is 0 Å². The van der Waals surface area contributed by atoms with E-state index in [9.17, 15) is 0 Å². The lowest BCUT2D eigenvalue weighted by Gasteiger charge is -2.00. The Morgan fingerprint density at radius 2 is 2.18 bits per heavy atom. The predicted molar refractivity (Wildman–Crippen MR) is 54.5 cm³/mol. The fraction of sp³-hybridized carbons (Fsp3) is 0.400. The highest BCUT2D eigenvalue weighted by Gasteiger charge is 1.91. The SMILES string of the molecule is CCCc1cccc([SiH2]C)c1. The smallest absolute Gasteiger partial charge is 0.0517 e. The summed E-state index contributed by atoms with van der Waals surface area (Å²) in [6.45, 7) is 4.57. The van der Waals surface area contributed by atoms with Gasteiger partial charge in [-0.05, 0) is 12.0 Å². The Kier molecular flexibility index (Phi) is 3.37. The van der Waals surface area contributed by atoms with Crippen molar-refractivity contribution < 1.29 is 0 Å². The summed E-state index contributed by atoms with van der Waals surface area (Å²) in [6.07, 6.45) is 2.50. The molecule has 60 valence electrons. The van der Waals surface area contributed by atoms with Gasteiger partial charge in [0.2, 0.25) is 0 Å². The molecule has 0 radical (unpaired) electrons. The van der Waals surface area contributed by atoms with Crippen LogP contribution in [0.2, 0.25) is 6.55 Å². The van der Waals surface area contributed by atoms with Crippen LogP contribution in [0.3, 0.4) is 0 Å². The Balaban J connectivity index is 2.74. The summed E-state index contributed by atoms with van der Waals surface area (Å²) >= 11 is 0. The normalized spacial score (nSPS) is 11.1. The van der Waals surface area contributed by atoms with Crippen molar-refractivity contribution in [2.45, 2.75) is 26.3 Å². The molecule has 0 heterocycles. The number of aryl methyl sites for hydroxylation is 1. The van der Waals surface area contributed by atoms with E-state index in [-0.39, 0.29) is 9.52 Å². The van der Waals surface area contributed by atoms with Gasteiger partial charge >= 0.3 is 0 Å². The van der Waals surface area contributed by atoms with Crippen molar-refractivity contribution in [3.8, 4) is 0 Å². The summed E-state index contributed by atoms with van der Waals surface area (Å²) in [5.74, 6) is 0. The van der Waals surface area contributed by atoms with Crippen LogP contribution < -0.4 is 5.19 Å². The van der Waals surface area contributed by atoms with Gasteiger partial charge in [0.25, 0.3) is 0 Å². The summed E-state index contributed by atoms with van der Waals surface area (Å²) in [7, 11) is 0.0529. The van der Waals surface area contributed by atoms with E-state index >= 15 is 0 Å². The van der Waals surface area contributed by atoms with Crippen molar-refractivity contribution in [1.29, 1.82) is 0 Å². The van der Waals surface area contributed by atoms with Crippen LogP contribution in [0.4, 0.5) is 0 Å². The van der Waals surface area contributed by atoms with Gasteiger partial charge in [0.05, 0.1) is 9.52 Å². The molecule has 0 fully saturated rings. The van der Waals surface area contributed by atoms with Crippen molar-refractivity contribution in [2.75, 3.05) is 0 Å². The standard InChI is InChI=1S/C10H16Si/c1-3-5-9-6-4-7-10(8-9)11-2/h4,6-8H,3,5,11H2,1-2H3. The second kappa shape index (κ2) is 4.34. The Hall–Kier alpha value is -0.563. The highest BCUT2D eigenvalue weighted by Crippen LogP contribution is 1.99. The van der Waals surface area contributed by atoms with Crippen LogP contribution in [0.5, 0.6) is 0 Å². The molecule has 0 nitrogen and oxygen atoms in total. The molecule has 0 amide bonds. The van der Waals surface area contributed by atoms with Crippen molar-refractivity contribution in [1.82, 2.24) is 0 Å². The van der Waals surface area contributed by atoms with Gasteiger partial charge < -0.3 is 0 Å². The minimum absolute atomic E-state index is 0.0529. The van der Waals surface area contributed by atoms with Crippen molar-refractivity contribution in [3.05, 3.63) is 29.8 Å². The zero-order chi connectivity index (χ0) is 8.10. The maximum absolute atomic E-state index is 2.37. The first kappa shape index (κ1) is 8.53. The highest BCUT2D eigenvalue weighted by atomic mass is 28.2. The molecule has 0 saturated heterocycles. The maximum Gasteiger partial charge on any atom is 0.0517 e.